The molecule has 0 radical (unpaired) electrons. The fourth-order valence-corrected chi connectivity index (χ4v) is 3.28. The van der Waals surface area contributed by atoms with E-state index in [1.165, 1.54) is 0 Å². The molecular formula is C10H9Br2N3OS. The van der Waals surface area contributed by atoms with E-state index >= 15 is 0 Å². The molecule has 0 bridgehead atoms. The van der Waals surface area contributed by atoms with Crippen LogP contribution < -0.4 is 5.73 Å². The smallest absolute Gasteiger partial charge is 0.172 e. The molecule has 0 aliphatic rings. The van der Waals surface area contributed by atoms with Crippen LogP contribution in [-0.4, -0.2) is 17.1 Å². The molecule has 0 amide bonds. The first kappa shape index (κ1) is 12.9. The van der Waals surface area contributed by atoms with Crippen molar-refractivity contribution < 1.29 is 4.74 Å². The second-order valence-electron chi connectivity index (χ2n) is 3.27. The maximum absolute atomic E-state index is 5.75. The molecule has 2 rings (SSSR count). The Morgan fingerprint density at radius 3 is 2.71 bits per heavy atom. The Bertz CT molecular complexity index is 525. The molecule has 2 heterocycles. The molecule has 90 valence electrons. The number of hydrogen-bond acceptors (Lipinski definition) is 5. The molecule has 0 unspecified atom stereocenters. The van der Waals surface area contributed by atoms with Gasteiger partial charge in [0.05, 0.1) is 21.0 Å². The minimum Gasteiger partial charge on any atom is -0.384 e. The van der Waals surface area contributed by atoms with Gasteiger partial charge < -0.3 is 10.5 Å². The number of ether oxygens (including phenoxy) is 1. The van der Waals surface area contributed by atoms with Crippen LogP contribution in [0.3, 0.4) is 0 Å². The van der Waals surface area contributed by atoms with Crippen molar-refractivity contribution in [2.24, 2.45) is 0 Å². The molecule has 4 nitrogen and oxygen atoms in total. The van der Waals surface area contributed by atoms with Crippen LogP contribution in [0.25, 0.3) is 10.7 Å². The second-order valence-corrected chi connectivity index (χ2v) is 6.50. The highest BCUT2D eigenvalue weighted by atomic mass is 79.9. The van der Waals surface area contributed by atoms with Crippen LogP contribution in [-0.2, 0) is 11.3 Å². The Morgan fingerprint density at radius 1 is 1.35 bits per heavy atom. The number of rotatable bonds is 3. The third kappa shape index (κ3) is 3.04. The first-order chi connectivity index (χ1) is 8.10. The van der Waals surface area contributed by atoms with Crippen molar-refractivity contribution in [2.75, 3.05) is 12.8 Å². The van der Waals surface area contributed by atoms with Crippen LogP contribution >= 0.6 is 43.2 Å². The Balaban J connectivity index is 2.44. The Hall–Kier alpha value is -0.500. The number of halogens is 2. The lowest BCUT2D eigenvalue weighted by molar-refractivity contribution is 0.181. The molecule has 0 aliphatic heterocycles. The number of nitrogen functional groups attached to an aromatic ring is 1. The number of methoxy groups -OCH3 is 1. The predicted molar refractivity (Wildman–Crippen MR) is 75.9 cm³/mol. The zero-order valence-electron chi connectivity index (χ0n) is 8.91. The molecular weight excluding hydrogens is 370 g/mol. The summed E-state index contributed by atoms with van der Waals surface area (Å²) >= 11 is 8.43. The van der Waals surface area contributed by atoms with Gasteiger partial charge in [-0.1, -0.05) is 0 Å². The average molecular weight is 379 g/mol. The van der Waals surface area contributed by atoms with Gasteiger partial charge in [0.1, 0.15) is 5.82 Å². The molecule has 0 atom stereocenters. The zero-order chi connectivity index (χ0) is 12.4. The van der Waals surface area contributed by atoms with Crippen LogP contribution in [0, 0.1) is 0 Å². The van der Waals surface area contributed by atoms with Gasteiger partial charge in [-0.05, 0) is 37.9 Å². The normalized spacial score (nSPS) is 10.8. The SMILES string of the molecule is COCc1cc(N)nc(-c2cc(Br)c(Br)s2)n1. The maximum atomic E-state index is 5.75. The van der Waals surface area contributed by atoms with Crippen molar-refractivity contribution in [3.05, 3.63) is 26.1 Å². The molecule has 17 heavy (non-hydrogen) atoms. The topological polar surface area (TPSA) is 61.0 Å². The summed E-state index contributed by atoms with van der Waals surface area (Å²) in [5.41, 5.74) is 6.52. The van der Waals surface area contributed by atoms with E-state index in [0.717, 1.165) is 18.8 Å². The lowest BCUT2D eigenvalue weighted by Gasteiger charge is -2.03. The molecule has 0 fully saturated rings. The molecule has 2 aromatic heterocycles. The fraction of sp³-hybridized carbons (Fsp3) is 0.200. The number of anilines is 1. The molecule has 0 saturated heterocycles. The fourth-order valence-electron chi connectivity index (χ4n) is 1.31. The van der Waals surface area contributed by atoms with E-state index in [1.807, 2.05) is 6.07 Å². The molecule has 0 aromatic carbocycles. The molecule has 2 aromatic rings. The summed E-state index contributed by atoms with van der Waals surface area (Å²) in [5, 5.41) is 0. The minimum atomic E-state index is 0.424. The van der Waals surface area contributed by atoms with Crippen molar-refractivity contribution in [2.45, 2.75) is 6.61 Å². The van der Waals surface area contributed by atoms with Crippen LogP contribution in [0.4, 0.5) is 5.82 Å². The summed E-state index contributed by atoms with van der Waals surface area (Å²) < 4.78 is 7.03. The maximum Gasteiger partial charge on any atom is 0.172 e. The average Bonchev–Trinajstić information content (AvgIpc) is 2.59. The van der Waals surface area contributed by atoms with Gasteiger partial charge in [-0.3, -0.25) is 0 Å². The van der Waals surface area contributed by atoms with E-state index in [1.54, 1.807) is 24.5 Å². The van der Waals surface area contributed by atoms with Crippen LogP contribution in [0.1, 0.15) is 5.69 Å². The Morgan fingerprint density at radius 2 is 2.12 bits per heavy atom. The highest BCUT2D eigenvalue weighted by Crippen LogP contribution is 2.37. The standard InChI is InChI=1S/C10H9Br2N3OS/c1-16-4-5-2-8(13)15-10(14-5)7-3-6(11)9(12)17-7/h2-3H,4H2,1H3,(H2,13,14,15). The van der Waals surface area contributed by atoms with Gasteiger partial charge in [-0.15, -0.1) is 11.3 Å². The summed E-state index contributed by atoms with van der Waals surface area (Å²) in [7, 11) is 1.62. The van der Waals surface area contributed by atoms with Gasteiger partial charge >= 0.3 is 0 Å². The van der Waals surface area contributed by atoms with Gasteiger partial charge in [0.25, 0.3) is 0 Å². The van der Waals surface area contributed by atoms with Crippen molar-refractivity contribution in [3.63, 3.8) is 0 Å². The van der Waals surface area contributed by atoms with Crippen molar-refractivity contribution in [1.29, 1.82) is 0 Å². The van der Waals surface area contributed by atoms with Gasteiger partial charge in [0.2, 0.25) is 0 Å². The number of thiophene rings is 1. The summed E-state index contributed by atoms with van der Waals surface area (Å²) in [6.07, 6.45) is 0. The highest BCUT2D eigenvalue weighted by molar-refractivity contribution is 9.13. The minimum absolute atomic E-state index is 0.424. The number of hydrogen-bond donors (Lipinski definition) is 1. The van der Waals surface area contributed by atoms with E-state index in [0.29, 0.717) is 18.2 Å². The first-order valence-corrected chi connectivity index (χ1v) is 7.08. The third-order valence-corrected chi connectivity index (χ3v) is 5.21. The van der Waals surface area contributed by atoms with Gasteiger partial charge in [-0.2, -0.15) is 0 Å². The summed E-state index contributed by atoms with van der Waals surface area (Å²) in [5.74, 6) is 1.07. The Labute approximate surface area is 119 Å². The Kier molecular flexibility index (Phi) is 4.13. The van der Waals surface area contributed by atoms with Crippen LogP contribution in [0.5, 0.6) is 0 Å². The molecule has 2 N–H and O–H groups in total. The van der Waals surface area contributed by atoms with Crippen LogP contribution in [0.15, 0.2) is 20.4 Å². The van der Waals surface area contributed by atoms with E-state index < -0.39 is 0 Å². The van der Waals surface area contributed by atoms with E-state index in [2.05, 4.69) is 41.8 Å². The number of nitrogens with zero attached hydrogens (tertiary/aromatic N) is 2. The predicted octanol–water partition coefficient (Wildman–Crippen LogP) is 3.46. The molecule has 0 saturated carbocycles. The van der Waals surface area contributed by atoms with Gasteiger partial charge in [-0.25, -0.2) is 9.97 Å². The van der Waals surface area contributed by atoms with Crippen molar-refractivity contribution >= 4 is 49.0 Å². The summed E-state index contributed by atoms with van der Waals surface area (Å²) in [6, 6.07) is 3.67. The largest absolute Gasteiger partial charge is 0.384 e. The summed E-state index contributed by atoms with van der Waals surface area (Å²) in [6.45, 7) is 0.424. The monoisotopic (exact) mass is 377 g/mol. The summed E-state index contributed by atoms with van der Waals surface area (Å²) in [4.78, 5) is 9.57. The third-order valence-electron chi connectivity index (χ3n) is 1.96. The second kappa shape index (κ2) is 5.43. The first-order valence-electron chi connectivity index (χ1n) is 4.67. The van der Waals surface area contributed by atoms with E-state index in [9.17, 15) is 0 Å². The van der Waals surface area contributed by atoms with Crippen LogP contribution in [0.2, 0.25) is 0 Å². The quantitative estimate of drug-likeness (QED) is 0.888. The van der Waals surface area contributed by atoms with Crippen molar-refractivity contribution in [3.8, 4) is 10.7 Å². The lowest BCUT2D eigenvalue weighted by Crippen LogP contribution is -2.00. The zero-order valence-corrected chi connectivity index (χ0v) is 12.9. The van der Waals surface area contributed by atoms with Crippen molar-refractivity contribution in [1.82, 2.24) is 9.97 Å². The van der Waals surface area contributed by atoms with E-state index in [-0.39, 0.29) is 0 Å². The number of nitrogens with two attached hydrogens (primary N) is 1. The molecule has 0 spiro atoms. The molecule has 7 heteroatoms. The number of aromatic nitrogens is 2. The van der Waals surface area contributed by atoms with Gasteiger partial charge in [0.15, 0.2) is 5.82 Å². The lowest BCUT2D eigenvalue weighted by atomic mass is 10.3. The highest BCUT2D eigenvalue weighted by Gasteiger charge is 2.10. The van der Waals surface area contributed by atoms with Gasteiger partial charge in [0, 0.05) is 17.6 Å². The molecule has 0 aliphatic carbocycles. The van der Waals surface area contributed by atoms with E-state index in [4.69, 9.17) is 10.5 Å².